The van der Waals surface area contributed by atoms with Crippen LogP contribution in [0.25, 0.3) is 0 Å². The molecule has 1 atom stereocenters. The summed E-state index contributed by atoms with van der Waals surface area (Å²) < 4.78 is 26.1. The van der Waals surface area contributed by atoms with E-state index in [4.69, 9.17) is 0 Å². The van der Waals surface area contributed by atoms with E-state index in [-0.39, 0.29) is 11.5 Å². The van der Waals surface area contributed by atoms with Crippen molar-refractivity contribution in [1.82, 2.24) is 5.32 Å². The maximum atomic E-state index is 13.0. The van der Waals surface area contributed by atoms with Crippen molar-refractivity contribution < 1.29 is 8.78 Å². The number of rotatable bonds is 2. The predicted octanol–water partition coefficient (Wildman–Crippen LogP) is 3.27. The van der Waals surface area contributed by atoms with Crippen LogP contribution in [0.2, 0.25) is 0 Å². The van der Waals surface area contributed by atoms with E-state index in [1.165, 1.54) is 12.1 Å². The predicted molar refractivity (Wildman–Crippen MR) is 57.6 cm³/mol. The Balaban J connectivity index is 3.13. The molecule has 1 N–H and O–H groups in total. The first-order valence-electron chi connectivity index (χ1n) is 4.98. The van der Waals surface area contributed by atoms with Gasteiger partial charge in [-0.15, -0.1) is 0 Å². The lowest BCUT2D eigenvalue weighted by Crippen LogP contribution is -2.29. The quantitative estimate of drug-likeness (QED) is 0.795. The molecule has 1 unspecified atom stereocenters. The molecular formula is C12H17F2N. The van der Waals surface area contributed by atoms with Gasteiger partial charge in [-0.3, -0.25) is 0 Å². The third kappa shape index (κ3) is 2.99. The van der Waals surface area contributed by atoms with Crippen LogP contribution in [-0.4, -0.2) is 7.05 Å². The van der Waals surface area contributed by atoms with Crippen LogP contribution in [0.5, 0.6) is 0 Å². The molecular weight excluding hydrogens is 196 g/mol. The number of benzene rings is 1. The van der Waals surface area contributed by atoms with Gasteiger partial charge in [0.05, 0.1) is 0 Å². The van der Waals surface area contributed by atoms with Crippen LogP contribution in [0.1, 0.15) is 32.4 Å². The van der Waals surface area contributed by atoms with Gasteiger partial charge in [0.1, 0.15) is 11.6 Å². The Morgan fingerprint density at radius 3 is 1.87 bits per heavy atom. The van der Waals surface area contributed by atoms with Gasteiger partial charge in [0.25, 0.3) is 0 Å². The molecule has 0 aliphatic rings. The molecule has 1 nitrogen and oxygen atoms in total. The summed E-state index contributed by atoms with van der Waals surface area (Å²) in [6.07, 6.45) is 0. The zero-order valence-electron chi connectivity index (χ0n) is 9.57. The van der Waals surface area contributed by atoms with Gasteiger partial charge in [0.2, 0.25) is 0 Å². The molecule has 1 aromatic rings. The summed E-state index contributed by atoms with van der Waals surface area (Å²) in [5.74, 6) is -1.07. The zero-order valence-corrected chi connectivity index (χ0v) is 9.57. The number of hydrogen-bond donors (Lipinski definition) is 1. The second kappa shape index (κ2) is 4.27. The molecule has 1 rings (SSSR count). The number of nitrogens with one attached hydrogen (secondary N) is 1. The topological polar surface area (TPSA) is 12.0 Å². The minimum Gasteiger partial charge on any atom is -0.313 e. The van der Waals surface area contributed by atoms with Crippen LogP contribution < -0.4 is 5.32 Å². The van der Waals surface area contributed by atoms with Crippen LogP contribution in [0.15, 0.2) is 18.2 Å². The van der Waals surface area contributed by atoms with Crippen molar-refractivity contribution in [2.24, 2.45) is 5.41 Å². The molecule has 3 heteroatoms. The zero-order chi connectivity index (χ0) is 11.6. The summed E-state index contributed by atoms with van der Waals surface area (Å²) >= 11 is 0. The minimum absolute atomic E-state index is 0.0669. The van der Waals surface area contributed by atoms with E-state index in [2.05, 4.69) is 5.32 Å². The third-order valence-corrected chi connectivity index (χ3v) is 2.37. The molecule has 0 aliphatic heterocycles. The second-order valence-electron chi connectivity index (χ2n) is 4.79. The largest absolute Gasteiger partial charge is 0.313 e. The van der Waals surface area contributed by atoms with Crippen molar-refractivity contribution in [3.05, 3.63) is 35.4 Å². The molecule has 0 radical (unpaired) electrons. The number of halogens is 2. The Morgan fingerprint density at radius 1 is 1.07 bits per heavy atom. The van der Waals surface area contributed by atoms with E-state index >= 15 is 0 Å². The van der Waals surface area contributed by atoms with E-state index in [9.17, 15) is 8.78 Å². The smallest absolute Gasteiger partial charge is 0.126 e. The van der Waals surface area contributed by atoms with E-state index < -0.39 is 11.6 Å². The average Bonchev–Trinajstić information content (AvgIpc) is 1.99. The molecule has 1 aromatic carbocycles. The molecule has 0 amide bonds. The SMILES string of the molecule is CNC(c1cc(F)cc(F)c1)C(C)(C)C. The van der Waals surface area contributed by atoms with Crippen molar-refractivity contribution in [3.8, 4) is 0 Å². The van der Waals surface area contributed by atoms with Crippen LogP contribution in [-0.2, 0) is 0 Å². The standard InChI is InChI=1S/C12H17F2N/c1-12(2,3)11(15-4)8-5-9(13)7-10(14)6-8/h5-7,11,15H,1-4H3. The van der Waals surface area contributed by atoms with Crippen LogP contribution in [0.3, 0.4) is 0 Å². The van der Waals surface area contributed by atoms with Gasteiger partial charge in [-0.05, 0) is 30.2 Å². The molecule has 0 bridgehead atoms. The summed E-state index contributed by atoms with van der Waals surface area (Å²) in [5.41, 5.74) is 0.553. The third-order valence-electron chi connectivity index (χ3n) is 2.37. The van der Waals surface area contributed by atoms with Crippen LogP contribution >= 0.6 is 0 Å². The fraction of sp³-hybridized carbons (Fsp3) is 0.500. The molecule has 15 heavy (non-hydrogen) atoms. The summed E-state index contributed by atoms with van der Waals surface area (Å²) in [5, 5.41) is 3.08. The Hall–Kier alpha value is -0.960. The summed E-state index contributed by atoms with van der Waals surface area (Å²) in [4.78, 5) is 0. The maximum absolute atomic E-state index is 13.0. The van der Waals surface area contributed by atoms with Gasteiger partial charge in [0.15, 0.2) is 0 Å². The van der Waals surface area contributed by atoms with E-state index in [0.29, 0.717) is 5.56 Å². The second-order valence-corrected chi connectivity index (χ2v) is 4.79. The molecule has 0 spiro atoms. The van der Waals surface area contributed by atoms with Gasteiger partial charge in [-0.2, -0.15) is 0 Å². The molecule has 0 aliphatic carbocycles. The normalized spacial score (nSPS) is 14.0. The highest BCUT2D eigenvalue weighted by molar-refractivity contribution is 5.22. The van der Waals surface area contributed by atoms with Crippen molar-refractivity contribution >= 4 is 0 Å². The van der Waals surface area contributed by atoms with Crippen molar-refractivity contribution in [1.29, 1.82) is 0 Å². The molecule has 84 valence electrons. The van der Waals surface area contributed by atoms with Crippen molar-refractivity contribution in [3.63, 3.8) is 0 Å². The fourth-order valence-electron chi connectivity index (χ4n) is 1.84. The Bertz CT molecular complexity index is 322. The van der Waals surface area contributed by atoms with Crippen molar-refractivity contribution in [2.75, 3.05) is 7.05 Å². The molecule has 0 saturated carbocycles. The first-order valence-corrected chi connectivity index (χ1v) is 4.98. The fourth-order valence-corrected chi connectivity index (χ4v) is 1.84. The highest BCUT2D eigenvalue weighted by atomic mass is 19.1. The van der Waals surface area contributed by atoms with E-state index in [0.717, 1.165) is 6.07 Å². The monoisotopic (exact) mass is 213 g/mol. The molecule has 0 heterocycles. The van der Waals surface area contributed by atoms with Crippen LogP contribution in [0, 0.1) is 17.0 Å². The molecule has 0 aromatic heterocycles. The minimum atomic E-state index is -0.533. The van der Waals surface area contributed by atoms with Crippen molar-refractivity contribution in [2.45, 2.75) is 26.8 Å². The Labute approximate surface area is 89.5 Å². The summed E-state index contributed by atoms with van der Waals surface area (Å²) in [7, 11) is 1.79. The first kappa shape index (κ1) is 12.1. The van der Waals surface area contributed by atoms with Gasteiger partial charge in [-0.25, -0.2) is 8.78 Å². The highest BCUT2D eigenvalue weighted by Crippen LogP contribution is 2.32. The van der Waals surface area contributed by atoms with Crippen LogP contribution in [0.4, 0.5) is 8.78 Å². The average molecular weight is 213 g/mol. The lowest BCUT2D eigenvalue weighted by molar-refractivity contribution is 0.285. The van der Waals surface area contributed by atoms with Gasteiger partial charge >= 0.3 is 0 Å². The van der Waals surface area contributed by atoms with E-state index in [1.807, 2.05) is 20.8 Å². The van der Waals surface area contributed by atoms with E-state index in [1.54, 1.807) is 7.05 Å². The lowest BCUT2D eigenvalue weighted by atomic mass is 9.82. The number of hydrogen-bond acceptors (Lipinski definition) is 1. The van der Waals surface area contributed by atoms with Gasteiger partial charge < -0.3 is 5.32 Å². The lowest BCUT2D eigenvalue weighted by Gasteiger charge is -2.30. The Kier molecular flexibility index (Phi) is 3.45. The van der Waals surface area contributed by atoms with Gasteiger partial charge in [-0.1, -0.05) is 20.8 Å². The highest BCUT2D eigenvalue weighted by Gasteiger charge is 2.25. The first-order chi connectivity index (χ1) is 6.84. The molecule has 0 fully saturated rings. The summed E-state index contributed by atoms with van der Waals surface area (Å²) in [6, 6.07) is 3.56. The summed E-state index contributed by atoms with van der Waals surface area (Å²) in [6.45, 7) is 6.07. The Morgan fingerprint density at radius 2 is 1.53 bits per heavy atom. The van der Waals surface area contributed by atoms with Gasteiger partial charge in [0, 0.05) is 12.1 Å². The molecule has 0 saturated heterocycles. The maximum Gasteiger partial charge on any atom is 0.126 e.